The van der Waals surface area contributed by atoms with Gasteiger partial charge in [0.05, 0.1) is 16.4 Å². The molecule has 0 amide bonds. The van der Waals surface area contributed by atoms with E-state index in [0.717, 1.165) is 24.1 Å². The number of piperidine rings is 1. The fourth-order valence-corrected chi connectivity index (χ4v) is 5.25. The lowest BCUT2D eigenvalue weighted by molar-refractivity contribution is -0.137. The second kappa shape index (κ2) is 8.67. The molecule has 10 heteroatoms. The van der Waals surface area contributed by atoms with Crippen molar-refractivity contribution in [2.24, 2.45) is 0 Å². The predicted octanol–water partition coefficient (Wildman–Crippen LogP) is 4.89. The van der Waals surface area contributed by atoms with Gasteiger partial charge < -0.3 is 4.42 Å². The van der Waals surface area contributed by atoms with Gasteiger partial charge in [0.15, 0.2) is 0 Å². The summed E-state index contributed by atoms with van der Waals surface area (Å²) >= 11 is 0. The number of benzene rings is 2. The summed E-state index contributed by atoms with van der Waals surface area (Å²) in [7, 11) is -3.66. The molecule has 0 bridgehead atoms. The maximum atomic E-state index is 13.1. The summed E-state index contributed by atoms with van der Waals surface area (Å²) in [6.45, 7) is 2.60. The summed E-state index contributed by atoms with van der Waals surface area (Å²) in [5.74, 6) is 0.0918. The van der Waals surface area contributed by atoms with Crippen LogP contribution in [0.4, 0.5) is 13.2 Å². The van der Waals surface area contributed by atoms with Crippen molar-refractivity contribution in [3.8, 4) is 11.5 Å². The highest BCUT2D eigenvalue weighted by Gasteiger charge is 2.34. The molecule has 0 saturated carbocycles. The first-order valence-corrected chi connectivity index (χ1v) is 11.7. The summed E-state index contributed by atoms with van der Waals surface area (Å²) in [6, 6.07) is 11.3. The minimum absolute atomic E-state index is 0.101. The molecule has 1 aliphatic rings. The van der Waals surface area contributed by atoms with Gasteiger partial charge in [-0.2, -0.15) is 17.5 Å². The topological polar surface area (TPSA) is 76.3 Å². The Kier molecular flexibility index (Phi) is 6.09. The molecule has 0 radical (unpaired) electrons. The van der Waals surface area contributed by atoms with E-state index in [1.165, 1.54) is 16.4 Å². The number of rotatable bonds is 5. The molecule has 32 heavy (non-hydrogen) atoms. The van der Waals surface area contributed by atoms with Crippen LogP contribution in [0.15, 0.2) is 57.8 Å². The second-order valence-corrected chi connectivity index (χ2v) is 9.66. The van der Waals surface area contributed by atoms with Gasteiger partial charge in [0.2, 0.25) is 21.8 Å². The molecule has 3 aromatic rings. The van der Waals surface area contributed by atoms with Gasteiger partial charge in [-0.15, -0.1) is 10.2 Å². The normalized spacial score (nSPS) is 18.1. The Bertz CT molecular complexity index is 1170. The first-order chi connectivity index (χ1) is 15.2. The monoisotopic (exact) mass is 465 g/mol. The lowest BCUT2D eigenvalue weighted by Gasteiger charge is -2.30. The molecule has 2 heterocycles. The van der Waals surface area contributed by atoms with E-state index in [0.29, 0.717) is 24.9 Å². The Morgan fingerprint density at radius 1 is 1.06 bits per heavy atom. The van der Waals surface area contributed by atoms with E-state index < -0.39 is 21.8 Å². The molecule has 1 atom stereocenters. The quantitative estimate of drug-likeness (QED) is 0.537. The van der Waals surface area contributed by atoms with Gasteiger partial charge in [-0.3, -0.25) is 0 Å². The van der Waals surface area contributed by atoms with E-state index in [1.807, 2.05) is 19.1 Å². The fourth-order valence-electron chi connectivity index (χ4n) is 3.73. The van der Waals surface area contributed by atoms with Crippen LogP contribution in [0.1, 0.15) is 42.7 Å². The van der Waals surface area contributed by atoms with E-state index in [9.17, 15) is 21.6 Å². The summed E-state index contributed by atoms with van der Waals surface area (Å²) in [5.41, 5.74) is 0.663. The van der Waals surface area contributed by atoms with Crippen LogP contribution in [0.2, 0.25) is 0 Å². The molecule has 170 valence electrons. The van der Waals surface area contributed by atoms with E-state index in [2.05, 4.69) is 10.2 Å². The Hall–Kier alpha value is -2.72. The van der Waals surface area contributed by atoms with Gasteiger partial charge in [0.1, 0.15) is 0 Å². The molecule has 0 N–H and O–H groups in total. The summed E-state index contributed by atoms with van der Waals surface area (Å²) in [6.07, 6.45) is -2.29. The number of halogens is 3. The minimum Gasteiger partial charge on any atom is -0.420 e. The molecule has 1 aromatic heterocycles. The Morgan fingerprint density at radius 3 is 2.38 bits per heavy atom. The largest absolute Gasteiger partial charge is 0.420 e. The molecule has 1 fully saturated rings. The molecule has 6 nitrogen and oxygen atoms in total. The molecule has 1 unspecified atom stereocenters. The lowest BCUT2D eigenvalue weighted by atomic mass is 10.00. The highest BCUT2D eigenvalue weighted by Crippen LogP contribution is 2.33. The third-order valence-corrected chi connectivity index (χ3v) is 7.48. The lowest BCUT2D eigenvalue weighted by Crippen LogP contribution is -2.39. The maximum absolute atomic E-state index is 13.1. The summed E-state index contributed by atoms with van der Waals surface area (Å²) < 4.78 is 71.5. The van der Waals surface area contributed by atoms with Gasteiger partial charge in [-0.1, -0.05) is 19.1 Å². The predicted molar refractivity (Wildman–Crippen MR) is 111 cm³/mol. The number of hydrogen-bond acceptors (Lipinski definition) is 5. The Morgan fingerprint density at radius 2 is 1.75 bits per heavy atom. The van der Waals surface area contributed by atoms with Gasteiger partial charge in [-0.05, 0) is 61.2 Å². The zero-order valence-electron chi connectivity index (χ0n) is 17.3. The Balaban J connectivity index is 1.51. The molecule has 1 aliphatic heterocycles. The highest BCUT2D eigenvalue weighted by atomic mass is 32.2. The molecule has 2 aromatic carbocycles. The van der Waals surface area contributed by atoms with E-state index >= 15 is 0 Å². The highest BCUT2D eigenvalue weighted by molar-refractivity contribution is 7.89. The van der Waals surface area contributed by atoms with Gasteiger partial charge in [0, 0.05) is 18.7 Å². The summed E-state index contributed by atoms with van der Waals surface area (Å²) in [4.78, 5) is 0.242. The van der Waals surface area contributed by atoms with Gasteiger partial charge in [0.25, 0.3) is 0 Å². The first kappa shape index (κ1) is 22.5. The smallest absolute Gasteiger partial charge is 0.416 e. The SMILES string of the molecule is CCc1ccc(S(=O)(=O)N2CCCC(c3nnc(-c4ccc(C(F)(F)F)cc4)o3)C2)cc1. The van der Waals surface area contributed by atoms with Crippen molar-refractivity contribution in [1.29, 1.82) is 0 Å². The third-order valence-electron chi connectivity index (χ3n) is 5.60. The van der Waals surface area contributed by atoms with Crippen LogP contribution in [-0.2, 0) is 22.6 Å². The number of aromatic nitrogens is 2. The molecule has 0 spiro atoms. The van der Waals surface area contributed by atoms with Crippen molar-refractivity contribution in [3.05, 3.63) is 65.5 Å². The van der Waals surface area contributed by atoms with Crippen LogP contribution in [0.25, 0.3) is 11.5 Å². The number of hydrogen-bond donors (Lipinski definition) is 0. The minimum atomic E-state index is -4.42. The van der Waals surface area contributed by atoms with Crippen molar-refractivity contribution >= 4 is 10.0 Å². The molecule has 0 aliphatic carbocycles. The van der Waals surface area contributed by atoms with E-state index in [1.54, 1.807) is 12.1 Å². The van der Waals surface area contributed by atoms with Crippen molar-refractivity contribution in [1.82, 2.24) is 14.5 Å². The Labute approximate surface area is 184 Å². The van der Waals surface area contributed by atoms with Crippen molar-refractivity contribution in [2.45, 2.75) is 43.2 Å². The average Bonchev–Trinajstić information content (AvgIpc) is 3.29. The molecule has 1 saturated heterocycles. The fraction of sp³-hybridized carbons (Fsp3) is 0.364. The number of alkyl halides is 3. The number of sulfonamides is 1. The van der Waals surface area contributed by atoms with Crippen LogP contribution in [0.3, 0.4) is 0 Å². The number of nitrogens with zero attached hydrogens (tertiary/aromatic N) is 3. The maximum Gasteiger partial charge on any atom is 0.416 e. The van der Waals surface area contributed by atoms with Gasteiger partial charge >= 0.3 is 6.18 Å². The van der Waals surface area contributed by atoms with E-state index in [-0.39, 0.29) is 29.1 Å². The zero-order chi connectivity index (χ0) is 22.9. The standard InChI is InChI=1S/C22H22F3N3O3S/c1-2-15-5-11-19(12-6-15)32(29,30)28-13-3-4-17(14-28)21-27-26-20(31-21)16-7-9-18(10-8-16)22(23,24)25/h5-12,17H,2-4,13-14H2,1H3. The zero-order valence-corrected chi connectivity index (χ0v) is 18.2. The molecule has 4 rings (SSSR count). The second-order valence-electron chi connectivity index (χ2n) is 7.72. The van der Waals surface area contributed by atoms with Crippen molar-refractivity contribution < 1.29 is 26.0 Å². The van der Waals surface area contributed by atoms with Crippen LogP contribution in [-0.4, -0.2) is 36.0 Å². The van der Waals surface area contributed by atoms with Gasteiger partial charge in [-0.25, -0.2) is 8.42 Å². The summed E-state index contributed by atoms with van der Waals surface area (Å²) in [5, 5.41) is 7.99. The molecular formula is C22H22F3N3O3S. The number of aryl methyl sites for hydroxylation is 1. The van der Waals surface area contributed by atoms with Crippen molar-refractivity contribution in [2.75, 3.05) is 13.1 Å². The third kappa shape index (κ3) is 4.56. The van der Waals surface area contributed by atoms with E-state index in [4.69, 9.17) is 4.42 Å². The first-order valence-electron chi connectivity index (χ1n) is 10.3. The average molecular weight is 465 g/mol. The van der Waals surface area contributed by atoms with Crippen LogP contribution in [0.5, 0.6) is 0 Å². The van der Waals surface area contributed by atoms with Crippen LogP contribution >= 0.6 is 0 Å². The van der Waals surface area contributed by atoms with Crippen molar-refractivity contribution in [3.63, 3.8) is 0 Å². The molecular weight excluding hydrogens is 443 g/mol. The van der Waals surface area contributed by atoms with Crippen LogP contribution in [0, 0.1) is 0 Å². The van der Waals surface area contributed by atoms with Crippen LogP contribution < -0.4 is 0 Å².